The maximum Gasteiger partial charge on any atom is 0.259 e. The topological polar surface area (TPSA) is 70.6 Å². The monoisotopic (exact) mass is 385 g/mol. The fourth-order valence-corrected chi connectivity index (χ4v) is 5.70. The first kappa shape index (κ1) is 18.0. The summed E-state index contributed by atoms with van der Waals surface area (Å²) in [7, 11) is -1.09. The lowest BCUT2D eigenvalue weighted by Gasteiger charge is -2.30. The standard InChI is InChI=1S/C20H23N3O3S/c1-22(17-8-10-27(25,26)14-17)18-11-16(12-21-13-18)20(24)23-9-4-6-15-5-2-3-7-19(15)23/h2-3,5,7,11-13,17H,4,6,8-10,14H2,1H3. The van der Waals surface area contributed by atoms with E-state index >= 15 is 0 Å². The van der Waals surface area contributed by atoms with Crippen molar-refractivity contribution in [2.24, 2.45) is 0 Å². The number of pyridine rings is 1. The molecule has 27 heavy (non-hydrogen) atoms. The van der Waals surface area contributed by atoms with Crippen LogP contribution in [0.5, 0.6) is 0 Å². The molecule has 2 aliphatic rings. The van der Waals surface area contributed by atoms with Gasteiger partial charge in [-0.2, -0.15) is 0 Å². The third-order valence-electron chi connectivity index (χ3n) is 5.49. The molecule has 0 saturated carbocycles. The van der Waals surface area contributed by atoms with Crippen LogP contribution in [0.2, 0.25) is 0 Å². The van der Waals surface area contributed by atoms with E-state index in [1.54, 1.807) is 12.4 Å². The fraction of sp³-hybridized carbons (Fsp3) is 0.400. The van der Waals surface area contributed by atoms with Crippen molar-refractivity contribution >= 4 is 27.1 Å². The lowest BCUT2D eigenvalue weighted by molar-refractivity contribution is 0.0984. The Kier molecular flexibility index (Phi) is 4.63. The second-order valence-electron chi connectivity index (χ2n) is 7.29. The molecule has 3 heterocycles. The lowest BCUT2D eigenvalue weighted by Crippen LogP contribution is -2.36. The summed E-state index contributed by atoms with van der Waals surface area (Å²) in [5, 5.41) is 0. The Morgan fingerprint density at radius 1 is 1.26 bits per heavy atom. The number of carbonyl (C=O) groups excluding carboxylic acids is 1. The zero-order valence-corrected chi connectivity index (χ0v) is 16.2. The van der Waals surface area contributed by atoms with Gasteiger partial charge in [-0.05, 0) is 37.0 Å². The van der Waals surface area contributed by atoms with E-state index in [0.29, 0.717) is 18.5 Å². The molecule has 1 unspecified atom stereocenters. The number of carbonyl (C=O) groups is 1. The normalized spacial score (nSPS) is 20.9. The van der Waals surface area contributed by atoms with E-state index in [2.05, 4.69) is 11.1 Å². The van der Waals surface area contributed by atoms with Crippen LogP contribution in [0, 0.1) is 0 Å². The van der Waals surface area contributed by atoms with Gasteiger partial charge in [0.15, 0.2) is 9.84 Å². The highest BCUT2D eigenvalue weighted by molar-refractivity contribution is 7.91. The van der Waals surface area contributed by atoms with Crippen molar-refractivity contribution in [1.82, 2.24) is 4.98 Å². The summed E-state index contributed by atoms with van der Waals surface area (Å²) in [5.74, 6) is 0.309. The predicted molar refractivity (Wildman–Crippen MR) is 106 cm³/mol. The first-order chi connectivity index (χ1) is 12.9. The van der Waals surface area contributed by atoms with Crippen LogP contribution in [-0.2, 0) is 16.3 Å². The number of aryl methyl sites for hydroxylation is 1. The maximum absolute atomic E-state index is 13.1. The van der Waals surface area contributed by atoms with Gasteiger partial charge >= 0.3 is 0 Å². The largest absolute Gasteiger partial charge is 0.369 e. The van der Waals surface area contributed by atoms with E-state index in [0.717, 1.165) is 24.2 Å². The van der Waals surface area contributed by atoms with Crippen molar-refractivity contribution in [3.05, 3.63) is 53.9 Å². The summed E-state index contributed by atoms with van der Waals surface area (Å²) in [4.78, 5) is 21.1. The molecule has 1 aromatic carbocycles. The third-order valence-corrected chi connectivity index (χ3v) is 7.24. The van der Waals surface area contributed by atoms with Crippen molar-refractivity contribution < 1.29 is 13.2 Å². The number of nitrogens with zero attached hydrogens (tertiary/aromatic N) is 3. The molecule has 7 heteroatoms. The van der Waals surface area contributed by atoms with Crippen LogP contribution in [0.15, 0.2) is 42.7 Å². The van der Waals surface area contributed by atoms with Crippen LogP contribution >= 0.6 is 0 Å². The second kappa shape index (κ2) is 6.96. The number of amides is 1. The summed E-state index contributed by atoms with van der Waals surface area (Å²) < 4.78 is 23.5. The number of benzene rings is 1. The lowest BCUT2D eigenvalue weighted by atomic mass is 10.0. The van der Waals surface area contributed by atoms with Gasteiger partial charge in [0.2, 0.25) is 0 Å². The van der Waals surface area contributed by atoms with E-state index in [1.165, 1.54) is 5.56 Å². The number of hydrogen-bond donors (Lipinski definition) is 0. The molecule has 2 aromatic rings. The molecule has 0 spiro atoms. The summed E-state index contributed by atoms with van der Waals surface area (Å²) in [5.41, 5.74) is 3.45. The number of anilines is 2. The molecule has 1 fully saturated rings. The van der Waals surface area contributed by atoms with Gasteiger partial charge in [0, 0.05) is 31.5 Å². The van der Waals surface area contributed by atoms with E-state index in [9.17, 15) is 13.2 Å². The smallest absolute Gasteiger partial charge is 0.259 e. The molecule has 0 aliphatic carbocycles. The SMILES string of the molecule is CN(c1cncc(C(=O)N2CCCc3ccccc32)c1)C1CCS(=O)(=O)C1. The number of hydrogen-bond acceptors (Lipinski definition) is 5. The highest BCUT2D eigenvalue weighted by Gasteiger charge is 2.31. The van der Waals surface area contributed by atoms with Gasteiger partial charge in [0.25, 0.3) is 5.91 Å². The van der Waals surface area contributed by atoms with Crippen molar-refractivity contribution in [3.63, 3.8) is 0 Å². The maximum atomic E-state index is 13.1. The van der Waals surface area contributed by atoms with Crippen LogP contribution < -0.4 is 9.80 Å². The molecule has 2 aliphatic heterocycles. The van der Waals surface area contributed by atoms with E-state index in [-0.39, 0.29) is 23.5 Å². The first-order valence-corrected chi connectivity index (χ1v) is 11.0. The molecule has 0 bridgehead atoms. The van der Waals surface area contributed by atoms with E-state index in [1.807, 2.05) is 41.1 Å². The van der Waals surface area contributed by atoms with Gasteiger partial charge in [-0.1, -0.05) is 18.2 Å². The quantitative estimate of drug-likeness (QED) is 0.811. The zero-order chi connectivity index (χ0) is 19.0. The summed E-state index contributed by atoms with van der Waals surface area (Å²) in [6.07, 6.45) is 5.80. The Balaban J connectivity index is 1.59. The number of sulfone groups is 1. The highest BCUT2D eigenvalue weighted by Crippen LogP contribution is 2.29. The molecular weight excluding hydrogens is 362 g/mol. The number of rotatable bonds is 3. The van der Waals surface area contributed by atoms with Crippen LogP contribution in [0.1, 0.15) is 28.8 Å². The third kappa shape index (κ3) is 3.56. The van der Waals surface area contributed by atoms with Crippen LogP contribution in [-0.4, -0.2) is 50.4 Å². The molecule has 1 aromatic heterocycles. The van der Waals surface area contributed by atoms with Gasteiger partial charge in [-0.25, -0.2) is 8.42 Å². The summed E-state index contributed by atoms with van der Waals surface area (Å²) in [6, 6.07) is 9.75. The van der Waals surface area contributed by atoms with Crippen LogP contribution in [0.25, 0.3) is 0 Å². The molecule has 0 radical (unpaired) electrons. The Morgan fingerprint density at radius 2 is 2.07 bits per heavy atom. The second-order valence-corrected chi connectivity index (χ2v) is 9.52. The van der Waals surface area contributed by atoms with Crippen molar-refractivity contribution in [1.29, 1.82) is 0 Å². The minimum Gasteiger partial charge on any atom is -0.369 e. The molecule has 6 nitrogen and oxygen atoms in total. The van der Waals surface area contributed by atoms with Crippen LogP contribution in [0.3, 0.4) is 0 Å². The number of fused-ring (bicyclic) bond motifs is 1. The molecular formula is C20H23N3O3S. The van der Waals surface area contributed by atoms with Crippen molar-refractivity contribution in [3.8, 4) is 0 Å². The van der Waals surface area contributed by atoms with Gasteiger partial charge < -0.3 is 9.80 Å². The molecule has 0 N–H and O–H groups in total. The van der Waals surface area contributed by atoms with Gasteiger partial charge in [0.1, 0.15) is 0 Å². The minimum atomic E-state index is -2.96. The van der Waals surface area contributed by atoms with Crippen molar-refractivity contribution in [2.75, 3.05) is 34.9 Å². The molecule has 142 valence electrons. The van der Waals surface area contributed by atoms with Gasteiger partial charge in [0.05, 0.1) is 29.0 Å². The first-order valence-electron chi connectivity index (χ1n) is 9.23. The van der Waals surface area contributed by atoms with E-state index in [4.69, 9.17) is 0 Å². The molecule has 1 amide bonds. The summed E-state index contributed by atoms with van der Waals surface area (Å²) >= 11 is 0. The Morgan fingerprint density at radius 3 is 2.85 bits per heavy atom. The average molecular weight is 385 g/mol. The average Bonchev–Trinajstić information content (AvgIpc) is 3.06. The minimum absolute atomic E-state index is 0.0658. The Labute approximate surface area is 159 Å². The number of para-hydroxylation sites is 1. The van der Waals surface area contributed by atoms with Gasteiger partial charge in [-0.3, -0.25) is 9.78 Å². The Hall–Kier alpha value is -2.41. The number of aromatic nitrogens is 1. The Bertz CT molecular complexity index is 974. The highest BCUT2D eigenvalue weighted by atomic mass is 32.2. The molecule has 1 saturated heterocycles. The fourth-order valence-electron chi connectivity index (χ4n) is 3.93. The molecule has 4 rings (SSSR count). The van der Waals surface area contributed by atoms with E-state index < -0.39 is 9.84 Å². The molecule has 1 atom stereocenters. The van der Waals surface area contributed by atoms with Gasteiger partial charge in [-0.15, -0.1) is 0 Å². The summed E-state index contributed by atoms with van der Waals surface area (Å²) in [6.45, 7) is 0.691. The predicted octanol–water partition coefficient (Wildman–Crippen LogP) is 2.30. The van der Waals surface area contributed by atoms with Crippen molar-refractivity contribution in [2.45, 2.75) is 25.3 Å². The van der Waals surface area contributed by atoms with Crippen LogP contribution in [0.4, 0.5) is 11.4 Å². The zero-order valence-electron chi connectivity index (χ0n) is 15.3.